The predicted molar refractivity (Wildman–Crippen MR) is 86.6 cm³/mol. The number of nitrogens with zero attached hydrogens (tertiary/aromatic N) is 2. The first kappa shape index (κ1) is 16.3. The van der Waals surface area contributed by atoms with E-state index in [1.165, 1.54) is 0 Å². The van der Waals surface area contributed by atoms with Crippen LogP contribution in [0, 0.1) is 5.92 Å². The van der Waals surface area contributed by atoms with E-state index in [0.29, 0.717) is 25.6 Å². The second-order valence-electron chi connectivity index (χ2n) is 5.90. The molecule has 0 spiro atoms. The Hall–Kier alpha value is -1.11. The number of hydrogen-bond donors (Lipinski definition) is 1. The second kappa shape index (κ2) is 6.77. The first-order valence-corrected chi connectivity index (χ1v) is 8.87. The minimum Gasteiger partial charge on any atom is -0.371 e. The van der Waals surface area contributed by atoms with E-state index in [9.17, 15) is 8.42 Å². The average molecular weight is 311 g/mol. The zero-order valence-electron chi connectivity index (χ0n) is 13.0. The van der Waals surface area contributed by atoms with Crippen molar-refractivity contribution >= 4 is 15.9 Å². The van der Waals surface area contributed by atoms with Crippen molar-refractivity contribution in [2.75, 3.05) is 31.6 Å². The van der Waals surface area contributed by atoms with Gasteiger partial charge in [0.05, 0.1) is 0 Å². The van der Waals surface area contributed by atoms with Gasteiger partial charge in [0.2, 0.25) is 0 Å². The highest BCUT2D eigenvalue weighted by Crippen LogP contribution is 2.18. The number of hydrogen-bond acceptors (Lipinski definition) is 3. The van der Waals surface area contributed by atoms with E-state index >= 15 is 0 Å². The first-order valence-electron chi connectivity index (χ1n) is 7.43. The summed E-state index contributed by atoms with van der Waals surface area (Å²) < 4.78 is 28.8. The largest absolute Gasteiger partial charge is 0.371 e. The van der Waals surface area contributed by atoms with Crippen molar-refractivity contribution < 1.29 is 8.42 Å². The normalized spacial score (nSPS) is 21.4. The molecule has 2 atom stereocenters. The molecule has 1 N–H and O–H groups in total. The van der Waals surface area contributed by atoms with Crippen molar-refractivity contribution in [2.45, 2.75) is 26.3 Å². The molecular weight excluding hydrogens is 286 g/mol. The second-order valence-corrected chi connectivity index (χ2v) is 7.66. The lowest BCUT2D eigenvalue weighted by Gasteiger charge is -2.28. The van der Waals surface area contributed by atoms with E-state index in [1.54, 1.807) is 4.31 Å². The summed E-state index contributed by atoms with van der Waals surface area (Å²) in [6.07, 6.45) is 0.945. The molecule has 6 heteroatoms. The van der Waals surface area contributed by atoms with Crippen LogP contribution < -0.4 is 9.62 Å². The van der Waals surface area contributed by atoms with Gasteiger partial charge in [0.15, 0.2) is 0 Å². The summed E-state index contributed by atoms with van der Waals surface area (Å²) >= 11 is 0. The van der Waals surface area contributed by atoms with E-state index < -0.39 is 10.2 Å². The summed E-state index contributed by atoms with van der Waals surface area (Å²) in [6.45, 7) is 5.75. The van der Waals surface area contributed by atoms with Crippen LogP contribution in [0.3, 0.4) is 0 Å². The number of para-hydroxylation sites is 1. The van der Waals surface area contributed by atoms with Crippen molar-refractivity contribution in [1.29, 1.82) is 0 Å². The van der Waals surface area contributed by atoms with Crippen LogP contribution in [0.1, 0.15) is 20.3 Å². The maximum atomic E-state index is 12.2. The molecule has 118 valence electrons. The fraction of sp³-hybridized carbons (Fsp3) is 0.600. The van der Waals surface area contributed by atoms with Gasteiger partial charge in [0, 0.05) is 38.4 Å². The van der Waals surface area contributed by atoms with Gasteiger partial charge in [-0.25, -0.2) is 4.72 Å². The summed E-state index contributed by atoms with van der Waals surface area (Å²) in [4.78, 5) is 2.08. The van der Waals surface area contributed by atoms with Crippen LogP contribution in [-0.4, -0.2) is 45.4 Å². The Kier molecular flexibility index (Phi) is 5.24. The van der Waals surface area contributed by atoms with Crippen LogP contribution in [0.4, 0.5) is 5.69 Å². The molecule has 0 radical (unpaired) electrons. The first-order chi connectivity index (χ1) is 9.90. The Bertz CT molecular complexity index is 547. The highest BCUT2D eigenvalue weighted by atomic mass is 32.2. The molecule has 0 aliphatic carbocycles. The van der Waals surface area contributed by atoms with Crippen LogP contribution >= 0.6 is 0 Å². The third-order valence-corrected chi connectivity index (χ3v) is 5.66. The van der Waals surface area contributed by atoms with Gasteiger partial charge < -0.3 is 4.90 Å². The van der Waals surface area contributed by atoms with Crippen LogP contribution in [0.2, 0.25) is 0 Å². The third kappa shape index (κ3) is 4.18. The van der Waals surface area contributed by atoms with Gasteiger partial charge in [-0.2, -0.15) is 12.7 Å². The fourth-order valence-electron chi connectivity index (χ4n) is 2.48. The van der Waals surface area contributed by atoms with Gasteiger partial charge in [0.1, 0.15) is 0 Å². The van der Waals surface area contributed by atoms with E-state index in [2.05, 4.69) is 16.5 Å². The fourth-order valence-corrected chi connectivity index (χ4v) is 3.92. The van der Waals surface area contributed by atoms with Crippen LogP contribution in [0.5, 0.6) is 0 Å². The molecule has 0 bridgehead atoms. The van der Waals surface area contributed by atoms with Gasteiger partial charge in [-0.1, -0.05) is 25.1 Å². The van der Waals surface area contributed by atoms with E-state index in [0.717, 1.165) is 12.1 Å². The van der Waals surface area contributed by atoms with Crippen molar-refractivity contribution in [3.05, 3.63) is 30.3 Å². The summed E-state index contributed by atoms with van der Waals surface area (Å²) in [7, 11) is -1.37. The Morgan fingerprint density at radius 2 is 2.05 bits per heavy atom. The maximum absolute atomic E-state index is 12.2. The van der Waals surface area contributed by atoms with Gasteiger partial charge in [0.25, 0.3) is 10.2 Å². The van der Waals surface area contributed by atoms with Gasteiger partial charge in [-0.3, -0.25) is 0 Å². The van der Waals surface area contributed by atoms with E-state index in [4.69, 9.17) is 0 Å². The number of anilines is 1. The molecule has 1 aliphatic heterocycles. The van der Waals surface area contributed by atoms with Crippen LogP contribution in [0.25, 0.3) is 0 Å². The SMILES string of the molecule is C[C@H]1CCN(S(=O)(=O)NC[C@@H](C)N(C)c2ccccc2)C1. The summed E-state index contributed by atoms with van der Waals surface area (Å²) in [5, 5.41) is 0. The molecule has 0 aromatic heterocycles. The Labute approximate surface area is 128 Å². The molecule has 1 saturated heterocycles. The Morgan fingerprint density at radius 1 is 1.38 bits per heavy atom. The lowest BCUT2D eigenvalue weighted by atomic mass is 10.2. The molecule has 1 aliphatic rings. The molecule has 0 unspecified atom stereocenters. The third-order valence-electron chi connectivity index (χ3n) is 4.11. The molecule has 5 nitrogen and oxygen atoms in total. The average Bonchev–Trinajstić information content (AvgIpc) is 2.92. The maximum Gasteiger partial charge on any atom is 0.279 e. The van der Waals surface area contributed by atoms with Crippen LogP contribution in [-0.2, 0) is 10.2 Å². The number of nitrogens with one attached hydrogen (secondary N) is 1. The Balaban J connectivity index is 1.90. The topological polar surface area (TPSA) is 52.7 Å². The molecule has 21 heavy (non-hydrogen) atoms. The van der Waals surface area contributed by atoms with Crippen molar-refractivity contribution in [2.24, 2.45) is 5.92 Å². The minimum atomic E-state index is -3.35. The molecule has 1 fully saturated rings. The lowest BCUT2D eigenvalue weighted by molar-refractivity contribution is 0.450. The van der Waals surface area contributed by atoms with Crippen LogP contribution in [0.15, 0.2) is 30.3 Å². The zero-order chi connectivity index (χ0) is 15.5. The van der Waals surface area contributed by atoms with E-state index in [1.807, 2.05) is 44.3 Å². The molecule has 0 saturated carbocycles. The summed E-state index contributed by atoms with van der Waals surface area (Å²) in [5.41, 5.74) is 1.08. The zero-order valence-corrected chi connectivity index (χ0v) is 13.8. The van der Waals surface area contributed by atoms with E-state index in [-0.39, 0.29) is 6.04 Å². The summed E-state index contributed by atoms with van der Waals surface area (Å²) in [5.74, 6) is 0.450. The molecule has 1 heterocycles. The number of rotatable bonds is 6. The van der Waals surface area contributed by atoms with Crippen molar-refractivity contribution in [3.8, 4) is 0 Å². The summed E-state index contributed by atoms with van der Waals surface area (Å²) in [6, 6.07) is 10.1. The number of benzene rings is 1. The highest BCUT2D eigenvalue weighted by molar-refractivity contribution is 7.87. The van der Waals surface area contributed by atoms with Gasteiger partial charge in [-0.05, 0) is 31.4 Å². The number of likely N-dealkylation sites (N-methyl/N-ethyl adjacent to an activating group) is 1. The molecular formula is C15H25N3O2S. The molecule has 0 amide bonds. The predicted octanol–water partition coefficient (Wildman–Crippen LogP) is 1.69. The highest BCUT2D eigenvalue weighted by Gasteiger charge is 2.29. The van der Waals surface area contributed by atoms with Gasteiger partial charge in [-0.15, -0.1) is 0 Å². The standard InChI is InChI=1S/C15H25N3O2S/c1-13-9-10-18(12-13)21(19,20)16-11-14(2)17(3)15-7-5-4-6-8-15/h4-8,13-14,16H,9-12H2,1-3H3/t13-,14+/m0/s1. The smallest absolute Gasteiger partial charge is 0.279 e. The van der Waals surface area contributed by atoms with Crippen molar-refractivity contribution in [3.63, 3.8) is 0 Å². The van der Waals surface area contributed by atoms with Gasteiger partial charge >= 0.3 is 0 Å². The Morgan fingerprint density at radius 3 is 2.62 bits per heavy atom. The molecule has 1 aromatic rings. The van der Waals surface area contributed by atoms with Crippen molar-refractivity contribution in [1.82, 2.24) is 9.03 Å². The molecule has 2 rings (SSSR count). The minimum absolute atomic E-state index is 0.0854. The monoisotopic (exact) mass is 311 g/mol. The molecule has 1 aromatic carbocycles. The lowest BCUT2D eigenvalue weighted by Crippen LogP contribution is -2.45. The quantitative estimate of drug-likeness (QED) is 0.870.